The Bertz CT molecular complexity index is 2430. The number of piperazine rings is 1. The molecule has 1 N–H and O–H groups in total. The lowest BCUT2D eigenvalue weighted by molar-refractivity contribution is 0.0122. The number of carbonyl (C=O) groups excluding carboxylic acids is 2. The van der Waals surface area contributed by atoms with Gasteiger partial charge in [0.15, 0.2) is 17.4 Å². The quantitative estimate of drug-likeness (QED) is 0.179. The lowest BCUT2D eigenvalue weighted by Crippen LogP contribution is -2.57. The van der Waals surface area contributed by atoms with Crippen molar-refractivity contribution in [3.05, 3.63) is 35.1 Å². The molecule has 320 valence electrons. The van der Waals surface area contributed by atoms with Gasteiger partial charge >= 0.3 is 18.2 Å². The van der Waals surface area contributed by atoms with Crippen molar-refractivity contribution in [3.8, 4) is 29.0 Å². The largest absolute Gasteiger partial charge is 0.493 e. The van der Waals surface area contributed by atoms with E-state index in [2.05, 4.69) is 15.2 Å². The van der Waals surface area contributed by atoms with Gasteiger partial charge in [0.05, 0.1) is 45.9 Å². The molecule has 0 aliphatic carbocycles. The molecule has 2 bridgehead atoms. The van der Waals surface area contributed by atoms with E-state index in [1.165, 1.54) is 7.11 Å². The van der Waals surface area contributed by atoms with Gasteiger partial charge in [-0.25, -0.2) is 27.2 Å². The van der Waals surface area contributed by atoms with Crippen LogP contribution in [0.4, 0.5) is 38.0 Å². The molecule has 2 aromatic carbocycles. The summed E-state index contributed by atoms with van der Waals surface area (Å²) < 4.78 is 88.0. The van der Waals surface area contributed by atoms with Gasteiger partial charge in [-0.15, -0.1) is 11.3 Å². The first kappa shape index (κ1) is 41.6. The molecule has 6 heterocycles. The smallest absolute Gasteiger partial charge is 0.412 e. The Balaban J connectivity index is 1.28. The monoisotopic (exact) mass is 853 g/mol. The molecule has 4 aliphatic rings. The lowest BCUT2D eigenvalue weighted by Gasteiger charge is -2.42. The van der Waals surface area contributed by atoms with Crippen molar-refractivity contribution in [3.63, 3.8) is 0 Å². The molecule has 4 aromatic rings. The number of alkyl halides is 1. The summed E-state index contributed by atoms with van der Waals surface area (Å²) in [6, 6.07) is 3.30. The molecule has 8 rings (SSSR count). The van der Waals surface area contributed by atoms with E-state index in [9.17, 15) is 19.2 Å². The van der Waals surface area contributed by atoms with Gasteiger partial charge < -0.3 is 23.8 Å². The van der Waals surface area contributed by atoms with Crippen molar-refractivity contribution >= 4 is 55.3 Å². The molecule has 60 heavy (non-hydrogen) atoms. The number of nitrogens with one attached hydrogen (secondary N) is 1. The molecular formula is C42H47F4N7O6S. The van der Waals surface area contributed by atoms with Crippen LogP contribution in [0.25, 0.3) is 32.1 Å². The number of hydrogen-bond donors (Lipinski definition) is 1. The van der Waals surface area contributed by atoms with Crippen molar-refractivity contribution < 1.29 is 46.1 Å². The molecule has 0 spiro atoms. The summed E-state index contributed by atoms with van der Waals surface area (Å²) >= 11 is 0.719. The fraction of sp³-hybridized carbons (Fsp3) is 0.548. The Hall–Kier alpha value is -5.15. The second-order valence-corrected chi connectivity index (χ2v) is 19.0. The second kappa shape index (κ2) is 15.1. The number of benzene rings is 2. The minimum atomic E-state index is -1.17. The fourth-order valence-corrected chi connectivity index (χ4v) is 10.3. The number of halogens is 4. The number of ether oxygens (including phenoxy) is 4. The number of fused-ring (bicyclic) bond motifs is 5. The zero-order valence-electron chi connectivity index (χ0n) is 34.5. The Morgan fingerprint density at radius 1 is 1.00 bits per heavy atom. The predicted molar refractivity (Wildman–Crippen MR) is 217 cm³/mol. The van der Waals surface area contributed by atoms with Gasteiger partial charge in [0.25, 0.3) is 0 Å². The third-order valence-corrected chi connectivity index (χ3v) is 12.7. The normalized spacial score (nSPS) is 22.9. The third kappa shape index (κ3) is 7.37. The van der Waals surface area contributed by atoms with Gasteiger partial charge in [-0.1, -0.05) is 6.07 Å². The Morgan fingerprint density at radius 3 is 2.35 bits per heavy atom. The van der Waals surface area contributed by atoms with Crippen molar-refractivity contribution in [1.29, 1.82) is 5.26 Å². The number of hydrogen-bond acceptors (Lipinski definition) is 12. The number of amides is 2. The average Bonchev–Trinajstić information content (AvgIpc) is 3.88. The first-order valence-electron chi connectivity index (χ1n) is 20.0. The summed E-state index contributed by atoms with van der Waals surface area (Å²) in [5.74, 6) is -3.43. The molecule has 13 nitrogen and oxygen atoms in total. The van der Waals surface area contributed by atoms with Crippen molar-refractivity contribution in [2.24, 2.45) is 0 Å². The van der Waals surface area contributed by atoms with E-state index >= 15 is 13.2 Å². The molecule has 4 aliphatic heterocycles. The standard InChI is InChI=1S/C42H47F4N7O6S/c1-40(2,3)58-38(54)50-36-25(16-47)27-24(11-12-26(44)34(27)60-36)28-30(45)32-29(33(56-7)31(28)46)35(49-37(48-32)57-20-42-13-8-14-52(42)17-21(43)15-42)51-18-22-9-10-23(19-51)53(22)39(55)59-41(4,5)6/h11-12,21-23H,8-10,13-15,17-20H2,1-7H3,(H,50,54)/t21-,22?,23?,42+/m1/s1. The molecule has 2 unspecified atom stereocenters. The van der Waals surface area contributed by atoms with Crippen LogP contribution in [0, 0.1) is 28.8 Å². The average molecular weight is 854 g/mol. The molecular weight excluding hydrogens is 807 g/mol. The van der Waals surface area contributed by atoms with Crippen LogP contribution in [-0.4, -0.2) is 107 Å². The number of methoxy groups -OCH3 is 1. The van der Waals surface area contributed by atoms with Gasteiger partial charge in [-0.2, -0.15) is 15.2 Å². The molecule has 4 saturated heterocycles. The molecule has 18 heteroatoms. The number of thiophene rings is 1. The molecule has 0 saturated carbocycles. The van der Waals surface area contributed by atoms with E-state index in [0.717, 1.165) is 29.9 Å². The van der Waals surface area contributed by atoms with Gasteiger partial charge in [0.2, 0.25) is 0 Å². The molecule has 2 aromatic heterocycles. The van der Waals surface area contributed by atoms with Crippen molar-refractivity contribution in [2.75, 3.05) is 50.1 Å². The SMILES string of the molecule is COc1c(F)c(-c2ccc(F)c3sc(NC(=O)OC(C)(C)C)c(C#N)c23)c(F)c2nc(OC[C@@]34CCCN3C[C@H](F)C4)nc(N3CC4CCC(C3)N4C(=O)OC(C)(C)C)c12. The Kier molecular flexibility index (Phi) is 10.5. The number of rotatable bonds is 7. The third-order valence-electron chi connectivity index (χ3n) is 11.6. The van der Waals surface area contributed by atoms with Crippen molar-refractivity contribution in [2.45, 2.75) is 109 Å². The summed E-state index contributed by atoms with van der Waals surface area (Å²) in [5, 5.41) is 12.5. The van der Waals surface area contributed by atoms with Crippen molar-refractivity contribution in [1.82, 2.24) is 19.8 Å². The van der Waals surface area contributed by atoms with Crippen LogP contribution < -0.4 is 19.7 Å². The van der Waals surface area contributed by atoms with Crippen LogP contribution in [0.15, 0.2) is 12.1 Å². The molecule has 4 atom stereocenters. The highest BCUT2D eigenvalue weighted by molar-refractivity contribution is 7.23. The van der Waals surface area contributed by atoms with Crippen LogP contribution in [-0.2, 0) is 9.47 Å². The summed E-state index contributed by atoms with van der Waals surface area (Å²) in [6.07, 6.45) is 0.729. The van der Waals surface area contributed by atoms with E-state index in [0.29, 0.717) is 25.8 Å². The Labute approximate surface area is 348 Å². The highest BCUT2D eigenvalue weighted by Crippen LogP contribution is 2.49. The zero-order valence-corrected chi connectivity index (χ0v) is 35.3. The summed E-state index contributed by atoms with van der Waals surface area (Å²) in [7, 11) is 1.22. The maximum atomic E-state index is 17.6. The van der Waals surface area contributed by atoms with Crippen LogP contribution in [0.1, 0.15) is 79.2 Å². The van der Waals surface area contributed by atoms with Gasteiger partial charge in [-0.3, -0.25) is 15.1 Å². The van der Waals surface area contributed by atoms with Gasteiger partial charge in [-0.05, 0) is 85.4 Å². The highest BCUT2D eigenvalue weighted by Gasteiger charge is 2.50. The summed E-state index contributed by atoms with van der Waals surface area (Å²) in [4.78, 5) is 41.0. The topological polar surface area (TPSA) is 142 Å². The maximum Gasteiger partial charge on any atom is 0.412 e. The van der Waals surface area contributed by atoms with E-state index in [1.54, 1.807) is 46.4 Å². The maximum absolute atomic E-state index is 17.6. The highest BCUT2D eigenvalue weighted by atomic mass is 32.1. The van der Waals surface area contributed by atoms with Crippen LogP contribution in [0.5, 0.6) is 11.8 Å². The van der Waals surface area contributed by atoms with E-state index in [1.807, 2.05) is 11.0 Å². The summed E-state index contributed by atoms with van der Waals surface area (Å²) in [6.45, 7) is 11.8. The number of aromatic nitrogens is 2. The van der Waals surface area contributed by atoms with E-state index in [-0.39, 0.29) is 93.7 Å². The second-order valence-electron chi connectivity index (χ2n) is 18.0. The summed E-state index contributed by atoms with van der Waals surface area (Å²) in [5.41, 5.74) is -3.68. The first-order valence-corrected chi connectivity index (χ1v) is 20.8. The number of nitrogens with zero attached hydrogens (tertiary/aromatic N) is 6. The molecule has 2 amide bonds. The van der Waals surface area contributed by atoms with E-state index < -0.39 is 63.9 Å². The number of nitriles is 1. The van der Waals surface area contributed by atoms with Crippen LogP contribution in [0.3, 0.4) is 0 Å². The zero-order chi connectivity index (χ0) is 43.1. The van der Waals surface area contributed by atoms with Gasteiger partial charge in [0, 0.05) is 31.4 Å². The fourth-order valence-electron chi connectivity index (χ4n) is 9.26. The lowest BCUT2D eigenvalue weighted by atomic mass is 9.95. The first-order chi connectivity index (χ1) is 28.3. The van der Waals surface area contributed by atoms with Crippen LogP contribution in [0.2, 0.25) is 0 Å². The Morgan fingerprint density at radius 2 is 1.70 bits per heavy atom. The molecule has 4 fully saturated rings. The van der Waals surface area contributed by atoms with E-state index in [4.69, 9.17) is 23.9 Å². The predicted octanol–water partition coefficient (Wildman–Crippen LogP) is 8.70. The minimum Gasteiger partial charge on any atom is -0.493 e. The van der Waals surface area contributed by atoms with Crippen LogP contribution >= 0.6 is 11.3 Å². The van der Waals surface area contributed by atoms with Gasteiger partial charge in [0.1, 0.15) is 52.2 Å². The number of carbonyl (C=O) groups is 2. The minimum absolute atomic E-state index is 0.0231. The molecule has 0 radical (unpaired) electrons. The number of anilines is 2.